The molecule has 1 aromatic carbocycles. The third kappa shape index (κ3) is 2.60. The number of benzene rings is 1. The van der Waals surface area contributed by atoms with Crippen molar-refractivity contribution in [2.24, 2.45) is 0 Å². The predicted molar refractivity (Wildman–Crippen MR) is 84.7 cm³/mol. The largest absolute Gasteiger partial charge is 0.465 e. The average molecular weight is 301 g/mol. The van der Waals surface area contributed by atoms with Crippen LogP contribution in [0.25, 0.3) is 10.6 Å². The summed E-state index contributed by atoms with van der Waals surface area (Å²) < 4.78 is 5.17. The van der Waals surface area contributed by atoms with Gasteiger partial charge >= 0.3 is 5.97 Å². The minimum Gasteiger partial charge on any atom is -0.465 e. The second-order valence-corrected chi connectivity index (χ2v) is 6.57. The zero-order chi connectivity index (χ0) is 15.0. The van der Waals surface area contributed by atoms with Gasteiger partial charge in [-0.3, -0.25) is 4.79 Å². The van der Waals surface area contributed by atoms with Gasteiger partial charge in [0.1, 0.15) is 10.9 Å². The van der Waals surface area contributed by atoms with E-state index in [9.17, 15) is 4.79 Å². The van der Waals surface area contributed by atoms with Gasteiger partial charge in [0.2, 0.25) is 0 Å². The van der Waals surface area contributed by atoms with Crippen LogP contribution in [0.15, 0.2) is 18.2 Å². The van der Waals surface area contributed by atoms with E-state index in [0.717, 1.165) is 23.5 Å². The summed E-state index contributed by atoms with van der Waals surface area (Å²) in [4.78, 5) is 18.0. The van der Waals surface area contributed by atoms with Gasteiger partial charge in [0.05, 0.1) is 12.3 Å². The number of esters is 1. The van der Waals surface area contributed by atoms with Crippen LogP contribution in [0.2, 0.25) is 0 Å². The fourth-order valence-electron chi connectivity index (χ4n) is 2.78. The molecule has 0 saturated heterocycles. The van der Waals surface area contributed by atoms with Crippen molar-refractivity contribution >= 4 is 17.3 Å². The third-order valence-electron chi connectivity index (χ3n) is 3.91. The molecule has 110 valence electrons. The Labute approximate surface area is 129 Å². The highest BCUT2D eigenvalue weighted by atomic mass is 32.1. The van der Waals surface area contributed by atoms with E-state index in [1.54, 1.807) is 11.3 Å². The van der Waals surface area contributed by atoms with Gasteiger partial charge in [-0.1, -0.05) is 17.7 Å². The lowest BCUT2D eigenvalue weighted by molar-refractivity contribution is -0.145. The van der Waals surface area contributed by atoms with Crippen LogP contribution in [0.1, 0.15) is 41.0 Å². The first-order valence-corrected chi connectivity index (χ1v) is 8.15. The number of fused-ring (bicyclic) bond motifs is 1. The van der Waals surface area contributed by atoms with Gasteiger partial charge in [0, 0.05) is 10.4 Å². The van der Waals surface area contributed by atoms with Gasteiger partial charge in [0.15, 0.2) is 0 Å². The number of hydrogen-bond donors (Lipinski definition) is 0. The molecule has 0 aliphatic heterocycles. The fourth-order valence-corrected chi connectivity index (χ4v) is 4.00. The van der Waals surface area contributed by atoms with Gasteiger partial charge in [-0.25, -0.2) is 4.98 Å². The van der Waals surface area contributed by atoms with Crippen molar-refractivity contribution in [1.29, 1.82) is 0 Å². The number of thiazole rings is 1. The minimum atomic E-state index is -0.171. The Balaban J connectivity index is 1.97. The number of aromatic nitrogens is 1. The molecule has 0 N–H and O–H groups in total. The highest BCUT2D eigenvalue weighted by Crippen LogP contribution is 2.41. The normalized spacial score (nSPS) is 16.8. The van der Waals surface area contributed by atoms with Gasteiger partial charge in [0.25, 0.3) is 0 Å². The SMILES string of the molecule is CCOC(=O)C1CCc2sc(-c3cc(C)ccc3C)nc21. The number of aryl methyl sites for hydroxylation is 3. The van der Waals surface area contributed by atoms with Crippen LogP contribution in [-0.2, 0) is 16.0 Å². The summed E-state index contributed by atoms with van der Waals surface area (Å²) in [6.45, 7) is 6.46. The molecule has 1 heterocycles. The van der Waals surface area contributed by atoms with Crippen molar-refractivity contribution in [2.45, 2.75) is 39.5 Å². The number of rotatable bonds is 3. The van der Waals surface area contributed by atoms with Crippen molar-refractivity contribution in [2.75, 3.05) is 6.61 Å². The predicted octanol–water partition coefficient (Wildman–Crippen LogP) is 4.02. The van der Waals surface area contributed by atoms with Gasteiger partial charge in [-0.2, -0.15) is 0 Å². The Morgan fingerprint density at radius 2 is 2.24 bits per heavy atom. The van der Waals surface area contributed by atoms with E-state index in [4.69, 9.17) is 9.72 Å². The Morgan fingerprint density at radius 1 is 1.43 bits per heavy atom. The van der Waals surface area contributed by atoms with Crippen LogP contribution in [0.3, 0.4) is 0 Å². The molecule has 1 aliphatic rings. The smallest absolute Gasteiger partial charge is 0.315 e. The van der Waals surface area contributed by atoms with Crippen molar-refractivity contribution in [3.05, 3.63) is 39.9 Å². The zero-order valence-corrected chi connectivity index (χ0v) is 13.4. The highest BCUT2D eigenvalue weighted by Gasteiger charge is 2.33. The number of nitrogens with zero attached hydrogens (tertiary/aromatic N) is 1. The lowest BCUT2D eigenvalue weighted by Crippen LogP contribution is -2.14. The van der Waals surface area contributed by atoms with Crippen molar-refractivity contribution < 1.29 is 9.53 Å². The Morgan fingerprint density at radius 3 is 3.00 bits per heavy atom. The summed E-state index contributed by atoms with van der Waals surface area (Å²) in [5, 5.41) is 1.02. The quantitative estimate of drug-likeness (QED) is 0.804. The van der Waals surface area contributed by atoms with E-state index in [0.29, 0.717) is 6.61 Å². The summed E-state index contributed by atoms with van der Waals surface area (Å²) in [7, 11) is 0. The molecule has 0 saturated carbocycles. The number of carbonyl (C=O) groups excluding carboxylic acids is 1. The molecule has 0 bridgehead atoms. The summed E-state index contributed by atoms with van der Waals surface area (Å²) in [5.41, 5.74) is 4.57. The summed E-state index contributed by atoms with van der Waals surface area (Å²) in [6.07, 6.45) is 1.77. The van der Waals surface area contributed by atoms with Gasteiger partial charge in [-0.05, 0) is 45.2 Å². The maximum Gasteiger partial charge on any atom is 0.315 e. The molecule has 1 aromatic heterocycles. The van der Waals surface area contributed by atoms with Crippen molar-refractivity contribution in [3.8, 4) is 10.6 Å². The maximum absolute atomic E-state index is 12.0. The van der Waals surface area contributed by atoms with Crippen LogP contribution in [0.5, 0.6) is 0 Å². The molecule has 1 atom stereocenters. The molecular formula is C17H19NO2S. The van der Waals surface area contributed by atoms with Gasteiger partial charge < -0.3 is 4.74 Å². The molecule has 2 aromatic rings. The number of hydrogen-bond acceptors (Lipinski definition) is 4. The van der Waals surface area contributed by atoms with Crippen LogP contribution in [0, 0.1) is 13.8 Å². The van der Waals surface area contributed by atoms with Crippen LogP contribution in [0.4, 0.5) is 0 Å². The first kappa shape index (κ1) is 14.3. The first-order valence-electron chi connectivity index (χ1n) is 7.34. The number of ether oxygens (including phenoxy) is 1. The molecular weight excluding hydrogens is 282 g/mol. The molecule has 0 spiro atoms. The van der Waals surface area contributed by atoms with E-state index in [2.05, 4.69) is 32.0 Å². The maximum atomic E-state index is 12.0. The van der Waals surface area contributed by atoms with Gasteiger partial charge in [-0.15, -0.1) is 11.3 Å². The van der Waals surface area contributed by atoms with E-state index in [1.807, 2.05) is 6.92 Å². The standard InChI is InChI=1S/C17H19NO2S/c1-4-20-17(19)12-7-8-14-15(12)18-16(21-14)13-9-10(2)5-6-11(13)3/h5-6,9,12H,4,7-8H2,1-3H3. The van der Waals surface area contributed by atoms with Crippen LogP contribution >= 0.6 is 11.3 Å². The molecule has 1 aliphatic carbocycles. The lowest BCUT2D eigenvalue weighted by atomic mass is 10.1. The zero-order valence-electron chi connectivity index (χ0n) is 12.6. The van der Waals surface area contributed by atoms with E-state index < -0.39 is 0 Å². The van der Waals surface area contributed by atoms with E-state index in [1.165, 1.54) is 21.6 Å². The fraction of sp³-hybridized carbons (Fsp3) is 0.412. The van der Waals surface area contributed by atoms with E-state index in [-0.39, 0.29) is 11.9 Å². The Hall–Kier alpha value is -1.68. The van der Waals surface area contributed by atoms with Crippen LogP contribution < -0.4 is 0 Å². The Kier molecular flexibility index (Phi) is 3.81. The summed E-state index contributed by atoms with van der Waals surface area (Å²) in [6, 6.07) is 6.41. The minimum absolute atomic E-state index is 0.130. The Bertz CT molecular complexity index is 690. The lowest BCUT2D eigenvalue weighted by Gasteiger charge is -2.08. The molecule has 21 heavy (non-hydrogen) atoms. The molecule has 0 radical (unpaired) electrons. The van der Waals surface area contributed by atoms with Crippen molar-refractivity contribution in [1.82, 2.24) is 4.98 Å². The van der Waals surface area contributed by atoms with Crippen LogP contribution in [-0.4, -0.2) is 17.6 Å². The summed E-state index contributed by atoms with van der Waals surface area (Å²) in [5.74, 6) is -0.302. The number of carbonyl (C=O) groups is 1. The molecule has 3 nitrogen and oxygen atoms in total. The van der Waals surface area contributed by atoms with E-state index >= 15 is 0 Å². The molecule has 1 unspecified atom stereocenters. The monoisotopic (exact) mass is 301 g/mol. The molecule has 0 amide bonds. The second kappa shape index (κ2) is 5.60. The average Bonchev–Trinajstić information content (AvgIpc) is 3.01. The summed E-state index contributed by atoms with van der Waals surface area (Å²) >= 11 is 1.72. The second-order valence-electron chi connectivity index (χ2n) is 5.49. The third-order valence-corrected chi connectivity index (χ3v) is 5.08. The molecule has 3 rings (SSSR count). The first-order chi connectivity index (χ1) is 10.1. The topological polar surface area (TPSA) is 39.2 Å². The molecule has 0 fully saturated rings. The highest BCUT2D eigenvalue weighted by molar-refractivity contribution is 7.15. The van der Waals surface area contributed by atoms with Crippen molar-refractivity contribution in [3.63, 3.8) is 0 Å². The molecule has 4 heteroatoms.